The number of unbranched alkanes of at least 4 members (excludes halogenated alkanes) is 2. The molecule has 0 saturated heterocycles. The van der Waals surface area contributed by atoms with Gasteiger partial charge in [0.2, 0.25) is 11.0 Å². The van der Waals surface area contributed by atoms with Gasteiger partial charge in [0.05, 0.1) is 5.39 Å². The van der Waals surface area contributed by atoms with Crippen LogP contribution in [0.4, 0.5) is 5.13 Å². The Bertz CT molecular complexity index is 981. The maximum Gasteiger partial charge on any atom is 0.277 e. The predicted molar refractivity (Wildman–Crippen MR) is 105 cm³/mol. The highest BCUT2D eigenvalue weighted by molar-refractivity contribution is 7.15. The molecule has 0 saturated carbocycles. The summed E-state index contributed by atoms with van der Waals surface area (Å²) in [6, 6.07) is 7.17. The second-order valence-corrected chi connectivity index (χ2v) is 7.60. The van der Waals surface area contributed by atoms with Gasteiger partial charge < -0.3 is 5.32 Å². The lowest BCUT2D eigenvalue weighted by atomic mass is 10.2. The smallest absolute Gasteiger partial charge is 0.277 e. The molecule has 1 amide bonds. The molecule has 0 unspecified atom stereocenters. The van der Waals surface area contributed by atoms with Crippen LogP contribution >= 0.6 is 11.3 Å². The van der Waals surface area contributed by atoms with Gasteiger partial charge in [0.25, 0.3) is 5.56 Å². The molecular formula is C18H22N6O2S. The SMILES string of the molecule is CC(C)c1nnc(NC(=O)CCCCCn2nnc3ccccc3c2=O)s1. The Morgan fingerprint density at radius 3 is 2.74 bits per heavy atom. The quantitative estimate of drug-likeness (QED) is 0.597. The van der Waals surface area contributed by atoms with Crippen LogP contribution in [0.2, 0.25) is 0 Å². The van der Waals surface area contributed by atoms with Crippen LogP contribution < -0.4 is 10.9 Å². The van der Waals surface area contributed by atoms with Crippen molar-refractivity contribution in [1.29, 1.82) is 0 Å². The van der Waals surface area contributed by atoms with Crippen molar-refractivity contribution >= 4 is 33.3 Å². The third-order valence-corrected chi connectivity index (χ3v) is 5.22. The molecule has 0 aliphatic heterocycles. The lowest BCUT2D eigenvalue weighted by Gasteiger charge is -2.05. The Balaban J connectivity index is 1.42. The normalized spacial score (nSPS) is 11.2. The van der Waals surface area contributed by atoms with Crippen molar-refractivity contribution in [2.45, 2.75) is 52.0 Å². The molecule has 142 valence electrons. The summed E-state index contributed by atoms with van der Waals surface area (Å²) in [4.78, 5) is 24.3. The standard InChI is InChI=1S/C18H22N6O2S/c1-12(2)16-21-22-18(27-16)19-15(25)10-4-3-7-11-24-17(26)13-8-5-6-9-14(13)20-23-24/h5-6,8-9,12H,3-4,7,10-11H2,1-2H3,(H,19,22,25). The topological polar surface area (TPSA) is 103 Å². The van der Waals surface area contributed by atoms with E-state index < -0.39 is 0 Å². The molecule has 0 bridgehead atoms. The number of nitrogens with zero attached hydrogens (tertiary/aromatic N) is 5. The summed E-state index contributed by atoms with van der Waals surface area (Å²) in [5, 5.41) is 20.9. The first-order valence-electron chi connectivity index (χ1n) is 9.00. The Morgan fingerprint density at radius 1 is 1.15 bits per heavy atom. The predicted octanol–water partition coefficient (Wildman–Crippen LogP) is 2.97. The molecule has 2 aromatic heterocycles. The zero-order valence-electron chi connectivity index (χ0n) is 15.4. The van der Waals surface area contributed by atoms with Crippen molar-refractivity contribution in [2.75, 3.05) is 5.32 Å². The van der Waals surface area contributed by atoms with Crippen molar-refractivity contribution in [3.05, 3.63) is 39.6 Å². The molecule has 9 heteroatoms. The molecule has 27 heavy (non-hydrogen) atoms. The Kier molecular flexibility index (Phi) is 6.23. The van der Waals surface area contributed by atoms with Crippen LogP contribution in [0.5, 0.6) is 0 Å². The number of nitrogens with one attached hydrogen (secondary N) is 1. The second-order valence-electron chi connectivity index (χ2n) is 6.59. The molecule has 0 aliphatic carbocycles. The van der Waals surface area contributed by atoms with Gasteiger partial charge in [-0.25, -0.2) is 4.68 Å². The summed E-state index contributed by atoms with van der Waals surface area (Å²) in [5.74, 6) is 0.235. The van der Waals surface area contributed by atoms with Crippen LogP contribution in [0.1, 0.15) is 50.5 Å². The van der Waals surface area contributed by atoms with Crippen LogP contribution in [-0.2, 0) is 11.3 Å². The van der Waals surface area contributed by atoms with E-state index in [-0.39, 0.29) is 11.5 Å². The van der Waals surface area contributed by atoms with Crippen LogP contribution in [0, 0.1) is 0 Å². The molecule has 0 aliphatic rings. The Labute approximate surface area is 160 Å². The minimum absolute atomic E-state index is 0.0656. The molecule has 8 nitrogen and oxygen atoms in total. The Hall–Kier alpha value is -2.68. The van der Waals surface area contributed by atoms with Crippen molar-refractivity contribution in [2.24, 2.45) is 0 Å². The molecule has 0 spiro atoms. The van der Waals surface area contributed by atoms with E-state index in [1.807, 2.05) is 26.0 Å². The maximum absolute atomic E-state index is 12.3. The summed E-state index contributed by atoms with van der Waals surface area (Å²) in [6.07, 6.45) is 2.73. The molecule has 3 aromatic rings. The fourth-order valence-corrected chi connectivity index (χ4v) is 3.36. The van der Waals surface area contributed by atoms with Crippen LogP contribution in [0.3, 0.4) is 0 Å². The molecule has 0 radical (unpaired) electrons. The van der Waals surface area contributed by atoms with E-state index in [4.69, 9.17) is 0 Å². The first kappa shape index (κ1) is 19.1. The minimum atomic E-state index is -0.129. The number of carbonyl (C=O) groups excluding carboxylic acids is 1. The number of aromatic nitrogens is 5. The van der Waals surface area contributed by atoms with E-state index >= 15 is 0 Å². The number of hydrogen-bond acceptors (Lipinski definition) is 7. The third-order valence-electron chi connectivity index (χ3n) is 4.08. The van der Waals surface area contributed by atoms with Gasteiger partial charge in [-0.3, -0.25) is 9.59 Å². The first-order chi connectivity index (χ1) is 13.0. The number of amides is 1. The number of aryl methyl sites for hydroxylation is 1. The molecule has 0 fully saturated rings. The number of anilines is 1. The molecule has 1 aromatic carbocycles. The maximum atomic E-state index is 12.3. The van der Waals surface area contributed by atoms with Gasteiger partial charge in [-0.1, -0.05) is 49.0 Å². The van der Waals surface area contributed by atoms with Gasteiger partial charge in [-0.15, -0.1) is 15.3 Å². The monoisotopic (exact) mass is 386 g/mol. The summed E-state index contributed by atoms with van der Waals surface area (Å²) in [5.41, 5.74) is 0.475. The third kappa shape index (κ3) is 4.94. The van der Waals surface area contributed by atoms with Gasteiger partial charge in [-0.2, -0.15) is 0 Å². The number of benzene rings is 1. The fraction of sp³-hybridized carbons (Fsp3) is 0.444. The van der Waals surface area contributed by atoms with E-state index in [0.29, 0.717) is 34.9 Å². The lowest BCUT2D eigenvalue weighted by Crippen LogP contribution is -2.24. The zero-order valence-corrected chi connectivity index (χ0v) is 16.2. The second kappa shape index (κ2) is 8.81. The molecule has 0 atom stereocenters. The van der Waals surface area contributed by atoms with E-state index in [0.717, 1.165) is 24.3 Å². The molecule has 1 N–H and O–H groups in total. The highest BCUT2D eigenvalue weighted by Crippen LogP contribution is 2.22. The molecule has 3 rings (SSSR count). The largest absolute Gasteiger partial charge is 0.301 e. The summed E-state index contributed by atoms with van der Waals surface area (Å²) in [7, 11) is 0. The fourth-order valence-electron chi connectivity index (χ4n) is 2.59. The van der Waals surface area contributed by atoms with E-state index in [1.54, 1.807) is 12.1 Å². The number of carbonyl (C=O) groups is 1. The average molecular weight is 386 g/mol. The van der Waals surface area contributed by atoms with Gasteiger partial charge >= 0.3 is 0 Å². The Morgan fingerprint density at radius 2 is 1.96 bits per heavy atom. The van der Waals surface area contributed by atoms with Crippen LogP contribution in [-0.4, -0.2) is 31.1 Å². The van der Waals surface area contributed by atoms with E-state index in [1.165, 1.54) is 16.0 Å². The van der Waals surface area contributed by atoms with Crippen LogP contribution in [0.15, 0.2) is 29.1 Å². The van der Waals surface area contributed by atoms with Crippen molar-refractivity contribution in [1.82, 2.24) is 25.2 Å². The van der Waals surface area contributed by atoms with Crippen molar-refractivity contribution in [3.63, 3.8) is 0 Å². The van der Waals surface area contributed by atoms with Gasteiger partial charge in [0.1, 0.15) is 10.5 Å². The van der Waals surface area contributed by atoms with Gasteiger partial charge in [0.15, 0.2) is 0 Å². The van der Waals surface area contributed by atoms with Crippen LogP contribution in [0.25, 0.3) is 10.9 Å². The summed E-state index contributed by atoms with van der Waals surface area (Å²) < 4.78 is 1.39. The lowest BCUT2D eigenvalue weighted by molar-refractivity contribution is -0.116. The summed E-state index contributed by atoms with van der Waals surface area (Å²) >= 11 is 1.41. The molecule has 2 heterocycles. The van der Waals surface area contributed by atoms with Crippen molar-refractivity contribution < 1.29 is 4.79 Å². The highest BCUT2D eigenvalue weighted by Gasteiger charge is 2.10. The summed E-state index contributed by atoms with van der Waals surface area (Å²) in [6.45, 7) is 4.57. The van der Waals surface area contributed by atoms with Gasteiger partial charge in [0, 0.05) is 18.9 Å². The van der Waals surface area contributed by atoms with E-state index in [2.05, 4.69) is 25.8 Å². The minimum Gasteiger partial charge on any atom is -0.301 e. The zero-order chi connectivity index (χ0) is 19.2. The van der Waals surface area contributed by atoms with E-state index in [9.17, 15) is 9.59 Å². The number of rotatable bonds is 8. The average Bonchev–Trinajstić information content (AvgIpc) is 3.12. The number of hydrogen-bond donors (Lipinski definition) is 1. The molecular weight excluding hydrogens is 364 g/mol. The van der Waals surface area contributed by atoms with Crippen molar-refractivity contribution in [3.8, 4) is 0 Å². The van der Waals surface area contributed by atoms with Gasteiger partial charge in [-0.05, 0) is 25.0 Å². The highest BCUT2D eigenvalue weighted by atomic mass is 32.1. The number of fused-ring (bicyclic) bond motifs is 1. The first-order valence-corrected chi connectivity index (χ1v) is 9.82.